The van der Waals surface area contributed by atoms with E-state index in [1.54, 1.807) is 16.4 Å². The van der Waals surface area contributed by atoms with Crippen LogP contribution in [0.3, 0.4) is 0 Å². The van der Waals surface area contributed by atoms with E-state index in [9.17, 15) is 0 Å². The van der Waals surface area contributed by atoms with Crippen LogP contribution in [0.4, 0.5) is 5.69 Å². The number of hydrogen-bond acceptors (Lipinski definition) is 3. The number of nitrogen functional groups attached to an aromatic ring is 1. The highest BCUT2D eigenvalue weighted by Gasteiger charge is 2.05. The zero-order valence-corrected chi connectivity index (χ0v) is 9.58. The van der Waals surface area contributed by atoms with Crippen LogP contribution in [0, 0.1) is 6.92 Å². The first kappa shape index (κ1) is 10.1. The summed E-state index contributed by atoms with van der Waals surface area (Å²) in [5.41, 5.74) is 7.80. The number of nitrogens with zero attached hydrogens (tertiary/aromatic N) is 2. The fourth-order valence-electron chi connectivity index (χ4n) is 1.28. The van der Waals surface area contributed by atoms with E-state index < -0.39 is 0 Å². The molecule has 1 aromatic carbocycles. The first-order valence-corrected chi connectivity index (χ1v) is 5.50. The van der Waals surface area contributed by atoms with E-state index in [0.29, 0.717) is 0 Å². The molecular formula is C11H13N3S. The Labute approximate surface area is 93.3 Å². The molecule has 0 bridgehead atoms. The van der Waals surface area contributed by atoms with Crippen LogP contribution in [-0.4, -0.2) is 9.78 Å². The normalized spacial score (nSPS) is 10.5. The largest absolute Gasteiger partial charge is 0.395 e. The van der Waals surface area contributed by atoms with Gasteiger partial charge in [0.1, 0.15) is 5.03 Å². The number of aromatic nitrogens is 2. The van der Waals surface area contributed by atoms with Crippen molar-refractivity contribution in [2.75, 3.05) is 5.73 Å². The van der Waals surface area contributed by atoms with Gasteiger partial charge in [-0.1, -0.05) is 29.5 Å². The standard InChI is InChI=1S/C11H13N3S/c1-8-3-5-9(6-4-8)15-11-10(12)7-14(2)13-11/h3-7H,12H2,1-2H3. The van der Waals surface area contributed by atoms with Gasteiger partial charge in [0.2, 0.25) is 0 Å². The summed E-state index contributed by atoms with van der Waals surface area (Å²) in [5, 5.41) is 5.14. The Kier molecular flexibility index (Phi) is 2.68. The van der Waals surface area contributed by atoms with Gasteiger partial charge in [-0.15, -0.1) is 0 Å². The van der Waals surface area contributed by atoms with Crippen LogP contribution >= 0.6 is 11.8 Å². The summed E-state index contributed by atoms with van der Waals surface area (Å²) < 4.78 is 1.73. The smallest absolute Gasteiger partial charge is 0.146 e. The first-order chi connectivity index (χ1) is 7.15. The molecule has 0 unspecified atom stereocenters. The van der Waals surface area contributed by atoms with Gasteiger partial charge in [-0.05, 0) is 19.1 Å². The summed E-state index contributed by atoms with van der Waals surface area (Å²) >= 11 is 1.59. The summed E-state index contributed by atoms with van der Waals surface area (Å²) in [4.78, 5) is 1.16. The monoisotopic (exact) mass is 219 g/mol. The highest BCUT2D eigenvalue weighted by Crippen LogP contribution is 2.30. The molecule has 15 heavy (non-hydrogen) atoms. The van der Waals surface area contributed by atoms with Gasteiger partial charge in [0.15, 0.2) is 0 Å². The molecule has 0 aliphatic heterocycles. The van der Waals surface area contributed by atoms with E-state index in [-0.39, 0.29) is 0 Å². The van der Waals surface area contributed by atoms with Gasteiger partial charge in [0.05, 0.1) is 5.69 Å². The molecule has 3 nitrogen and oxygen atoms in total. The second-order valence-corrected chi connectivity index (χ2v) is 4.54. The zero-order valence-electron chi connectivity index (χ0n) is 8.77. The number of aryl methyl sites for hydroxylation is 2. The van der Waals surface area contributed by atoms with Gasteiger partial charge in [0.25, 0.3) is 0 Å². The minimum Gasteiger partial charge on any atom is -0.395 e. The van der Waals surface area contributed by atoms with Crippen molar-refractivity contribution in [1.82, 2.24) is 9.78 Å². The van der Waals surface area contributed by atoms with Crippen molar-refractivity contribution >= 4 is 17.4 Å². The number of rotatable bonds is 2. The second-order valence-electron chi connectivity index (χ2n) is 3.48. The predicted octanol–water partition coefficient (Wildman–Crippen LogP) is 2.46. The van der Waals surface area contributed by atoms with Gasteiger partial charge in [-0.2, -0.15) is 5.10 Å². The molecule has 0 fully saturated rings. The molecule has 0 saturated carbocycles. The Morgan fingerprint density at radius 2 is 1.93 bits per heavy atom. The quantitative estimate of drug-likeness (QED) is 0.843. The lowest BCUT2D eigenvalue weighted by Gasteiger charge is -1.99. The zero-order chi connectivity index (χ0) is 10.8. The molecule has 0 spiro atoms. The lowest BCUT2D eigenvalue weighted by molar-refractivity contribution is 0.738. The van der Waals surface area contributed by atoms with Gasteiger partial charge in [-0.25, -0.2) is 0 Å². The number of hydrogen-bond donors (Lipinski definition) is 1. The molecule has 1 aromatic heterocycles. The minimum absolute atomic E-state index is 0.725. The molecule has 0 amide bonds. The molecule has 4 heteroatoms. The Morgan fingerprint density at radius 3 is 2.47 bits per heavy atom. The molecule has 0 aliphatic carbocycles. The van der Waals surface area contributed by atoms with Crippen molar-refractivity contribution < 1.29 is 0 Å². The van der Waals surface area contributed by atoms with Crippen LogP contribution in [0.15, 0.2) is 40.4 Å². The third-order valence-electron chi connectivity index (χ3n) is 2.06. The van der Waals surface area contributed by atoms with Crippen LogP contribution in [0.5, 0.6) is 0 Å². The van der Waals surface area contributed by atoms with Crippen LogP contribution < -0.4 is 5.73 Å². The molecule has 0 atom stereocenters. The predicted molar refractivity (Wildman–Crippen MR) is 62.9 cm³/mol. The maximum absolute atomic E-state index is 5.81. The van der Waals surface area contributed by atoms with E-state index in [0.717, 1.165) is 15.6 Å². The molecule has 0 radical (unpaired) electrons. The summed E-state index contributed by atoms with van der Waals surface area (Å²) in [6.07, 6.45) is 1.82. The third-order valence-corrected chi connectivity index (χ3v) is 3.08. The average Bonchev–Trinajstić information content (AvgIpc) is 2.49. The molecule has 2 rings (SSSR count). The first-order valence-electron chi connectivity index (χ1n) is 4.69. The minimum atomic E-state index is 0.725. The van der Waals surface area contributed by atoms with Crippen LogP contribution in [0.25, 0.3) is 0 Å². The van der Waals surface area contributed by atoms with Gasteiger partial charge in [0, 0.05) is 18.1 Å². The topological polar surface area (TPSA) is 43.8 Å². The van der Waals surface area contributed by atoms with E-state index in [2.05, 4.69) is 36.3 Å². The summed E-state index contributed by atoms with van der Waals surface area (Å²) in [6.45, 7) is 2.07. The van der Waals surface area contributed by atoms with Crippen molar-refractivity contribution in [3.8, 4) is 0 Å². The lowest BCUT2D eigenvalue weighted by atomic mass is 10.2. The van der Waals surface area contributed by atoms with Gasteiger partial charge >= 0.3 is 0 Å². The number of anilines is 1. The molecule has 0 saturated heterocycles. The molecule has 0 aliphatic rings. The molecule has 78 valence electrons. The summed E-state index contributed by atoms with van der Waals surface area (Å²) in [6, 6.07) is 8.32. The Morgan fingerprint density at radius 1 is 1.27 bits per heavy atom. The van der Waals surface area contributed by atoms with E-state index in [4.69, 9.17) is 5.73 Å². The molecule has 2 N–H and O–H groups in total. The highest BCUT2D eigenvalue weighted by molar-refractivity contribution is 7.99. The molecule has 2 aromatic rings. The van der Waals surface area contributed by atoms with E-state index in [1.165, 1.54) is 5.56 Å². The summed E-state index contributed by atoms with van der Waals surface area (Å²) in [7, 11) is 1.87. The Hall–Kier alpha value is -1.42. The van der Waals surface area contributed by atoms with Crippen LogP contribution in [-0.2, 0) is 7.05 Å². The Bertz CT molecular complexity index is 459. The van der Waals surface area contributed by atoms with Crippen LogP contribution in [0.1, 0.15) is 5.56 Å². The molecular weight excluding hydrogens is 206 g/mol. The van der Waals surface area contributed by atoms with Gasteiger partial charge < -0.3 is 5.73 Å². The maximum atomic E-state index is 5.81. The maximum Gasteiger partial charge on any atom is 0.146 e. The number of nitrogens with two attached hydrogens (primary N) is 1. The van der Waals surface area contributed by atoms with Crippen molar-refractivity contribution in [3.63, 3.8) is 0 Å². The molecule has 1 heterocycles. The van der Waals surface area contributed by atoms with Crippen molar-refractivity contribution in [2.45, 2.75) is 16.8 Å². The average molecular weight is 219 g/mol. The fraction of sp³-hybridized carbons (Fsp3) is 0.182. The van der Waals surface area contributed by atoms with Crippen LogP contribution in [0.2, 0.25) is 0 Å². The third kappa shape index (κ3) is 2.33. The van der Waals surface area contributed by atoms with Crippen molar-refractivity contribution in [2.24, 2.45) is 7.05 Å². The number of benzene rings is 1. The lowest BCUT2D eigenvalue weighted by Crippen LogP contribution is -1.86. The van der Waals surface area contributed by atoms with Crippen molar-refractivity contribution in [3.05, 3.63) is 36.0 Å². The van der Waals surface area contributed by atoms with Crippen molar-refractivity contribution in [1.29, 1.82) is 0 Å². The fourth-order valence-corrected chi connectivity index (χ4v) is 2.12. The highest BCUT2D eigenvalue weighted by atomic mass is 32.2. The summed E-state index contributed by atoms with van der Waals surface area (Å²) in [5.74, 6) is 0. The van der Waals surface area contributed by atoms with Gasteiger partial charge in [-0.3, -0.25) is 4.68 Å². The van der Waals surface area contributed by atoms with E-state index >= 15 is 0 Å². The SMILES string of the molecule is Cc1ccc(Sc2nn(C)cc2N)cc1. The Balaban J connectivity index is 2.21. The second kappa shape index (κ2) is 3.98. The van der Waals surface area contributed by atoms with E-state index in [1.807, 2.05) is 13.2 Å².